The maximum absolute atomic E-state index is 9.54. The van der Waals surface area contributed by atoms with E-state index in [2.05, 4.69) is 60.7 Å². The molecular formula is C42H51ClO3. The predicted octanol–water partition coefficient (Wildman–Crippen LogP) is 11.8. The Bertz CT molecular complexity index is 1400. The van der Waals surface area contributed by atoms with Crippen molar-refractivity contribution in [2.24, 2.45) is 0 Å². The van der Waals surface area contributed by atoms with E-state index >= 15 is 0 Å². The zero-order valence-corrected chi connectivity index (χ0v) is 28.5. The van der Waals surface area contributed by atoms with Crippen LogP contribution in [0.3, 0.4) is 0 Å². The largest absolute Gasteiger partial charge is 0.497 e. The fourth-order valence-corrected chi connectivity index (χ4v) is 7.54. The summed E-state index contributed by atoms with van der Waals surface area (Å²) in [5.74, 6) is 3.64. The third-order valence-corrected chi connectivity index (χ3v) is 10.2. The quantitative estimate of drug-likeness (QED) is 0.154. The third kappa shape index (κ3) is 8.96. The molecule has 2 aliphatic carbocycles. The monoisotopic (exact) mass is 638 g/mol. The van der Waals surface area contributed by atoms with Gasteiger partial charge in [-0.3, -0.25) is 0 Å². The summed E-state index contributed by atoms with van der Waals surface area (Å²) in [4.78, 5) is 0. The standard InChI is InChI=1S/C21H25ClO.C21H26O2/c2*1-23-19-10-6-9-18(14-19)20-12-11-16(15-22)13-21(20)17-7-4-2-3-5-8-17/h6,9-14,17H,2-5,7-8,15H2,1H3;6,9-14,17,22H,2-5,7-8,15H2,1H3. The molecule has 0 aliphatic heterocycles. The molecule has 2 saturated carbocycles. The molecule has 1 N–H and O–H groups in total. The number of aliphatic hydroxyl groups excluding tert-OH is 1. The molecular weight excluding hydrogens is 588 g/mol. The van der Waals surface area contributed by atoms with E-state index in [4.69, 9.17) is 21.1 Å². The van der Waals surface area contributed by atoms with E-state index in [1.807, 2.05) is 24.3 Å². The van der Waals surface area contributed by atoms with Crippen LogP contribution in [-0.4, -0.2) is 19.3 Å². The molecule has 2 aliphatic rings. The molecule has 0 unspecified atom stereocenters. The van der Waals surface area contributed by atoms with Crippen LogP contribution in [0.1, 0.15) is 111 Å². The minimum atomic E-state index is 0.109. The molecule has 0 spiro atoms. The van der Waals surface area contributed by atoms with Gasteiger partial charge in [0.05, 0.1) is 20.8 Å². The molecule has 0 atom stereocenters. The Morgan fingerprint density at radius 3 is 1.41 bits per heavy atom. The SMILES string of the molecule is COc1cccc(-c2ccc(CCl)cc2C2CCCCCC2)c1.COc1cccc(-c2ccc(CO)cc2C2CCCCCC2)c1. The summed E-state index contributed by atoms with van der Waals surface area (Å²) in [6, 6.07) is 29.8. The average Bonchev–Trinajstić information content (AvgIpc) is 3.58. The summed E-state index contributed by atoms with van der Waals surface area (Å²) in [6.07, 6.45) is 15.9. The molecule has 2 fully saturated rings. The van der Waals surface area contributed by atoms with Gasteiger partial charge in [0.25, 0.3) is 0 Å². The summed E-state index contributed by atoms with van der Waals surface area (Å²) in [6.45, 7) is 0.109. The summed E-state index contributed by atoms with van der Waals surface area (Å²) in [7, 11) is 3.43. The van der Waals surface area contributed by atoms with E-state index in [1.54, 1.807) is 14.2 Å². The van der Waals surface area contributed by atoms with Crippen molar-refractivity contribution in [3.05, 3.63) is 107 Å². The number of ether oxygens (including phenoxy) is 2. The van der Waals surface area contributed by atoms with Gasteiger partial charge < -0.3 is 14.6 Å². The minimum Gasteiger partial charge on any atom is -0.497 e. The highest BCUT2D eigenvalue weighted by molar-refractivity contribution is 6.17. The van der Waals surface area contributed by atoms with Crippen LogP contribution in [0.2, 0.25) is 0 Å². The normalized spacial score (nSPS) is 16.1. The van der Waals surface area contributed by atoms with Gasteiger partial charge in [-0.1, -0.05) is 112 Å². The zero-order chi connectivity index (χ0) is 32.1. The molecule has 4 heteroatoms. The highest BCUT2D eigenvalue weighted by atomic mass is 35.5. The van der Waals surface area contributed by atoms with Crippen LogP contribution in [0.15, 0.2) is 84.9 Å². The fraction of sp³-hybridized carbons (Fsp3) is 0.429. The lowest BCUT2D eigenvalue weighted by molar-refractivity contribution is 0.281. The smallest absolute Gasteiger partial charge is 0.119 e. The maximum atomic E-state index is 9.54. The first-order valence-electron chi connectivity index (χ1n) is 17.3. The molecule has 0 aromatic heterocycles. The van der Waals surface area contributed by atoms with Crippen molar-refractivity contribution in [1.29, 1.82) is 0 Å². The second-order valence-electron chi connectivity index (χ2n) is 13.0. The Balaban J connectivity index is 0.000000181. The molecule has 0 radical (unpaired) electrons. The predicted molar refractivity (Wildman–Crippen MR) is 193 cm³/mol. The minimum absolute atomic E-state index is 0.109. The van der Waals surface area contributed by atoms with Crippen molar-refractivity contribution in [1.82, 2.24) is 0 Å². The molecule has 46 heavy (non-hydrogen) atoms. The highest BCUT2D eigenvalue weighted by Gasteiger charge is 2.20. The van der Waals surface area contributed by atoms with Crippen LogP contribution in [0.5, 0.6) is 11.5 Å². The van der Waals surface area contributed by atoms with Crippen molar-refractivity contribution >= 4 is 11.6 Å². The number of hydrogen-bond acceptors (Lipinski definition) is 3. The Hall–Kier alpha value is -3.27. The van der Waals surface area contributed by atoms with E-state index in [0.717, 1.165) is 17.1 Å². The number of benzene rings is 4. The van der Waals surface area contributed by atoms with Gasteiger partial charge in [-0.15, -0.1) is 11.6 Å². The molecule has 4 aromatic rings. The topological polar surface area (TPSA) is 38.7 Å². The molecule has 244 valence electrons. The molecule has 3 nitrogen and oxygen atoms in total. The first-order valence-corrected chi connectivity index (χ1v) is 17.9. The molecule has 0 saturated heterocycles. The van der Waals surface area contributed by atoms with Crippen molar-refractivity contribution in [3.63, 3.8) is 0 Å². The van der Waals surface area contributed by atoms with E-state index in [1.165, 1.54) is 116 Å². The van der Waals surface area contributed by atoms with Gasteiger partial charge in [-0.2, -0.15) is 0 Å². The Kier molecular flexibility index (Phi) is 13.0. The first-order chi connectivity index (χ1) is 22.6. The van der Waals surface area contributed by atoms with Crippen LogP contribution in [-0.2, 0) is 12.5 Å². The summed E-state index contributed by atoms with van der Waals surface area (Å²) in [5, 5.41) is 9.54. The summed E-state index contributed by atoms with van der Waals surface area (Å²) in [5.41, 5.74) is 10.2. The molecule has 4 aromatic carbocycles. The molecule has 0 heterocycles. The fourth-order valence-electron chi connectivity index (χ4n) is 7.37. The Labute approximate surface area is 281 Å². The van der Waals surface area contributed by atoms with Crippen molar-refractivity contribution in [3.8, 4) is 33.8 Å². The number of halogens is 1. The van der Waals surface area contributed by atoms with E-state index in [9.17, 15) is 5.11 Å². The summed E-state index contributed by atoms with van der Waals surface area (Å²) >= 11 is 6.10. The third-order valence-electron chi connectivity index (χ3n) is 9.92. The van der Waals surface area contributed by atoms with Crippen LogP contribution in [0.4, 0.5) is 0 Å². The van der Waals surface area contributed by atoms with E-state index in [-0.39, 0.29) is 6.61 Å². The van der Waals surface area contributed by atoms with Crippen LogP contribution in [0.25, 0.3) is 22.3 Å². The van der Waals surface area contributed by atoms with E-state index in [0.29, 0.717) is 17.7 Å². The number of aliphatic hydroxyl groups is 1. The van der Waals surface area contributed by atoms with Crippen LogP contribution >= 0.6 is 11.6 Å². The highest BCUT2D eigenvalue weighted by Crippen LogP contribution is 2.40. The van der Waals surface area contributed by atoms with Crippen LogP contribution in [0, 0.1) is 0 Å². The lowest BCUT2D eigenvalue weighted by atomic mass is 9.85. The van der Waals surface area contributed by atoms with Crippen molar-refractivity contribution < 1.29 is 14.6 Å². The number of methoxy groups -OCH3 is 2. The molecule has 6 rings (SSSR count). The van der Waals surface area contributed by atoms with Gasteiger partial charge >= 0.3 is 0 Å². The Morgan fingerprint density at radius 2 is 1.00 bits per heavy atom. The molecule has 0 amide bonds. The lowest BCUT2D eigenvalue weighted by Gasteiger charge is -2.20. The second kappa shape index (κ2) is 17.6. The lowest BCUT2D eigenvalue weighted by Crippen LogP contribution is -2.02. The van der Waals surface area contributed by atoms with Gasteiger partial charge in [0.15, 0.2) is 0 Å². The average molecular weight is 639 g/mol. The number of alkyl halides is 1. The Morgan fingerprint density at radius 1 is 0.565 bits per heavy atom. The van der Waals surface area contributed by atoms with Gasteiger partial charge in [0.2, 0.25) is 0 Å². The first kappa shape index (κ1) is 34.1. The van der Waals surface area contributed by atoms with Gasteiger partial charge in [0.1, 0.15) is 11.5 Å². The van der Waals surface area contributed by atoms with Crippen LogP contribution < -0.4 is 9.47 Å². The zero-order valence-electron chi connectivity index (χ0n) is 27.8. The van der Waals surface area contributed by atoms with Gasteiger partial charge in [-0.25, -0.2) is 0 Å². The van der Waals surface area contributed by atoms with E-state index < -0.39 is 0 Å². The number of rotatable bonds is 8. The second-order valence-corrected chi connectivity index (χ2v) is 13.2. The number of hydrogen-bond donors (Lipinski definition) is 1. The summed E-state index contributed by atoms with van der Waals surface area (Å²) < 4.78 is 10.8. The van der Waals surface area contributed by atoms with Gasteiger partial charge in [-0.05, 0) is 106 Å². The van der Waals surface area contributed by atoms with Gasteiger partial charge in [0, 0.05) is 5.88 Å². The maximum Gasteiger partial charge on any atom is 0.119 e. The molecule has 0 bridgehead atoms. The van der Waals surface area contributed by atoms with Crippen molar-refractivity contribution in [2.75, 3.05) is 14.2 Å². The van der Waals surface area contributed by atoms with Crippen molar-refractivity contribution in [2.45, 2.75) is 101 Å².